The number of amides is 1. The fraction of sp³-hybridized carbons (Fsp3) is 0.667. The highest BCUT2D eigenvalue weighted by molar-refractivity contribution is 5.95. The maximum absolute atomic E-state index is 14.1. The summed E-state index contributed by atoms with van der Waals surface area (Å²) in [5.41, 5.74) is 0.408. The standard InChI is InChI=1S/C30H33F5N6O3/c31-29(32)7-5-16(6-8-29)20(12-22(42)27-26(18-3-4-18)39-44-40-27)21-15-41-23(37-21)11-19(14-36-41)25(17-1-2-17)38-24(43)13-28(9-10-28)30(33,34)35/h11,14-18,20,25H,1-10,12-13H2,(H,38,43)/t20-,25+/m0/s1. The number of fused-ring (bicyclic) bond motifs is 1. The lowest BCUT2D eigenvalue weighted by Crippen LogP contribution is -2.35. The summed E-state index contributed by atoms with van der Waals surface area (Å²) in [5.74, 6) is -4.10. The number of hydrogen-bond donors (Lipinski definition) is 1. The summed E-state index contributed by atoms with van der Waals surface area (Å²) >= 11 is 0. The van der Waals surface area contributed by atoms with E-state index in [4.69, 9.17) is 9.61 Å². The Kier molecular flexibility index (Phi) is 7.04. The summed E-state index contributed by atoms with van der Waals surface area (Å²) in [5, 5.41) is 15.1. The van der Waals surface area contributed by atoms with Crippen LogP contribution in [-0.4, -0.2) is 48.7 Å². The number of imidazole rings is 1. The van der Waals surface area contributed by atoms with E-state index in [2.05, 4.69) is 20.7 Å². The predicted octanol–water partition coefficient (Wildman–Crippen LogP) is 6.47. The van der Waals surface area contributed by atoms with Crippen LogP contribution in [-0.2, 0) is 4.79 Å². The normalized spacial score (nSPS) is 22.9. The van der Waals surface area contributed by atoms with Crippen LogP contribution >= 0.6 is 0 Å². The fourth-order valence-electron chi connectivity index (χ4n) is 6.69. The van der Waals surface area contributed by atoms with E-state index in [1.807, 2.05) is 0 Å². The van der Waals surface area contributed by atoms with Crippen LogP contribution in [0, 0.1) is 17.3 Å². The van der Waals surface area contributed by atoms with Gasteiger partial charge in [-0.3, -0.25) is 9.59 Å². The van der Waals surface area contributed by atoms with Crippen LogP contribution < -0.4 is 5.32 Å². The van der Waals surface area contributed by atoms with Crippen molar-refractivity contribution in [3.05, 3.63) is 41.1 Å². The van der Waals surface area contributed by atoms with E-state index in [0.29, 0.717) is 22.6 Å². The summed E-state index contributed by atoms with van der Waals surface area (Å²) in [6.07, 6.45) is 1.58. The third kappa shape index (κ3) is 5.83. The fourth-order valence-corrected chi connectivity index (χ4v) is 6.69. The highest BCUT2D eigenvalue weighted by Gasteiger charge is 2.63. The summed E-state index contributed by atoms with van der Waals surface area (Å²) in [7, 11) is 0. The Morgan fingerprint density at radius 1 is 1.02 bits per heavy atom. The number of hydrogen-bond acceptors (Lipinski definition) is 7. The first-order chi connectivity index (χ1) is 20.9. The molecular formula is C30H33F5N6O3. The highest BCUT2D eigenvalue weighted by Crippen LogP contribution is 2.60. The largest absolute Gasteiger partial charge is 0.395 e. The molecule has 0 aromatic carbocycles. The van der Waals surface area contributed by atoms with Crippen molar-refractivity contribution in [1.82, 2.24) is 30.2 Å². The number of aromatic nitrogens is 5. The van der Waals surface area contributed by atoms with Gasteiger partial charge in [0.15, 0.2) is 17.1 Å². The highest BCUT2D eigenvalue weighted by atomic mass is 19.4. The average molecular weight is 621 g/mol. The van der Waals surface area contributed by atoms with Crippen LogP contribution in [0.1, 0.15) is 122 Å². The molecule has 2 atom stereocenters. The quantitative estimate of drug-likeness (QED) is 0.193. The molecule has 0 bridgehead atoms. The lowest BCUT2D eigenvalue weighted by Gasteiger charge is -2.32. The van der Waals surface area contributed by atoms with Gasteiger partial charge < -0.3 is 5.32 Å². The van der Waals surface area contributed by atoms with E-state index in [-0.39, 0.29) is 74.2 Å². The van der Waals surface area contributed by atoms with Gasteiger partial charge in [-0.2, -0.15) is 18.3 Å². The summed E-state index contributed by atoms with van der Waals surface area (Å²) < 4.78 is 74.9. The predicted molar refractivity (Wildman–Crippen MR) is 144 cm³/mol. The third-order valence-corrected chi connectivity index (χ3v) is 9.94. The van der Waals surface area contributed by atoms with Gasteiger partial charge in [-0.25, -0.2) is 22.9 Å². The van der Waals surface area contributed by atoms with Gasteiger partial charge in [0.05, 0.1) is 29.5 Å². The minimum absolute atomic E-state index is 0.00260. The number of alkyl halides is 5. The van der Waals surface area contributed by atoms with Crippen LogP contribution in [0.5, 0.6) is 0 Å². The molecule has 3 aromatic heterocycles. The Labute approximate surface area is 249 Å². The van der Waals surface area contributed by atoms with Crippen molar-refractivity contribution < 1.29 is 36.2 Å². The van der Waals surface area contributed by atoms with Gasteiger partial charge in [-0.05, 0) is 80.0 Å². The Hall–Kier alpha value is -3.45. The van der Waals surface area contributed by atoms with Crippen molar-refractivity contribution in [3.63, 3.8) is 0 Å². The number of carbonyl (C=O) groups is 2. The molecule has 0 saturated heterocycles. The van der Waals surface area contributed by atoms with Crippen LogP contribution in [0.4, 0.5) is 22.0 Å². The number of rotatable bonds is 11. The zero-order chi connectivity index (χ0) is 30.9. The van der Waals surface area contributed by atoms with Crippen molar-refractivity contribution in [2.45, 2.75) is 107 Å². The van der Waals surface area contributed by atoms with Gasteiger partial charge in [0, 0.05) is 37.5 Å². The van der Waals surface area contributed by atoms with Gasteiger partial charge in [0.2, 0.25) is 11.8 Å². The van der Waals surface area contributed by atoms with Crippen LogP contribution in [0.2, 0.25) is 0 Å². The molecule has 9 nitrogen and oxygen atoms in total. The number of Topliss-reactive ketones (excluding diaryl/α,β-unsaturated/α-hetero) is 1. The molecule has 236 valence electrons. The molecule has 44 heavy (non-hydrogen) atoms. The number of nitrogens with one attached hydrogen (secondary N) is 1. The Morgan fingerprint density at radius 3 is 2.39 bits per heavy atom. The molecule has 1 N–H and O–H groups in total. The second kappa shape index (κ2) is 10.6. The van der Waals surface area contributed by atoms with Crippen molar-refractivity contribution in [1.29, 1.82) is 0 Å². The molecule has 0 radical (unpaired) electrons. The van der Waals surface area contributed by atoms with Gasteiger partial charge in [0.1, 0.15) is 5.69 Å². The van der Waals surface area contributed by atoms with E-state index >= 15 is 0 Å². The lowest BCUT2D eigenvalue weighted by atomic mass is 9.75. The van der Waals surface area contributed by atoms with Crippen molar-refractivity contribution in [3.8, 4) is 0 Å². The second-order valence-corrected chi connectivity index (χ2v) is 13.3. The minimum Gasteiger partial charge on any atom is -0.349 e. The molecule has 3 aromatic rings. The molecule has 4 fully saturated rings. The molecule has 4 aliphatic carbocycles. The Bertz CT molecular complexity index is 1560. The van der Waals surface area contributed by atoms with Gasteiger partial charge >= 0.3 is 6.18 Å². The Balaban J connectivity index is 1.13. The third-order valence-electron chi connectivity index (χ3n) is 9.94. The SMILES string of the molecule is O=C(CC1(C(F)(F)F)CC1)N[C@@H](c1cnn2cc([C@@H](CC(=O)c3nonc3C3CC3)C3CCC(F)(F)CC3)nc2c1)C1CC1. The molecule has 4 saturated carbocycles. The lowest BCUT2D eigenvalue weighted by molar-refractivity contribution is -0.190. The average Bonchev–Trinajstić information content (AvgIpc) is 3.90. The van der Waals surface area contributed by atoms with Crippen LogP contribution in [0.3, 0.4) is 0 Å². The number of carbonyl (C=O) groups excluding carboxylic acids is 2. The summed E-state index contributed by atoms with van der Waals surface area (Å²) in [4.78, 5) is 31.0. The molecule has 0 spiro atoms. The van der Waals surface area contributed by atoms with Gasteiger partial charge in [0.25, 0.3) is 0 Å². The molecule has 14 heteroatoms. The van der Waals surface area contributed by atoms with E-state index < -0.39 is 41.8 Å². The van der Waals surface area contributed by atoms with Gasteiger partial charge in [-0.15, -0.1) is 0 Å². The number of nitrogens with zero attached hydrogens (tertiary/aromatic N) is 5. The van der Waals surface area contributed by atoms with Crippen molar-refractivity contribution >= 4 is 17.3 Å². The first kappa shape index (κ1) is 29.3. The van der Waals surface area contributed by atoms with Crippen molar-refractivity contribution in [2.24, 2.45) is 17.3 Å². The summed E-state index contributed by atoms with van der Waals surface area (Å²) in [6, 6.07) is 1.25. The van der Waals surface area contributed by atoms with Crippen molar-refractivity contribution in [2.75, 3.05) is 0 Å². The molecular weight excluding hydrogens is 587 g/mol. The molecule has 0 aliphatic heterocycles. The van der Waals surface area contributed by atoms with E-state index in [1.165, 1.54) is 4.52 Å². The van der Waals surface area contributed by atoms with E-state index in [0.717, 1.165) is 25.7 Å². The number of ketones is 1. The maximum Gasteiger partial charge on any atom is 0.395 e. The van der Waals surface area contributed by atoms with Gasteiger partial charge in [-0.1, -0.05) is 5.16 Å². The maximum atomic E-state index is 14.1. The monoisotopic (exact) mass is 620 g/mol. The molecule has 1 amide bonds. The minimum atomic E-state index is -4.41. The van der Waals surface area contributed by atoms with Crippen LogP contribution in [0.15, 0.2) is 23.1 Å². The molecule has 4 aliphatic rings. The Morgan fingerprint density at radius 2 is 1.75 bits per heavy atom. The zero-order valence-electron chi connectivity index (χ0n) is 24.0. The zero-order valence-corrected chi connectivity index (χ0v) is 24.0. The number of halogens is 5. The van der Waals surface area contributed by atoms with E-state index in [9.17, 15) is 31.5 Å². The first-order valence-corrected chi connectivity index (χ1v) is 15.4. The van der Waals surface area contributed by atoms with E-state index in [1.54, 1.807) is 18.5 Å². The second-order valence-electron chi connectivity index (χ2n) is 13.3. The first-order valence-electron chi connectivity index (χ1n) is 15.4. The molecule has 3 heterocycles. The summed E-state index contributed by atoms with van der Waals surface area (Å²) in [6.45, 7) is 0. The smallest absolute Gasteiger partial charge is 0.349 e. The topological polar surface area (TPSA) is 115 Å². The van der Waals surface area contributed by atoms with Crippen LogP contribution in [0.25, 0.3) is 5.65 Å². The molecule has 7 rings (SSSR count). The molecule has 0 unspecified atom stereocenters.